The van der Waals surface area contributed by atoms with Gasteiger partial charge in [0, 0.05) is 66.6 Å². The highest BCUT2D eigenvalue weighted by Gasteiger charge is 2.25. The molecule has 53 heavy (non-hydrogen) atoms. The van der Waals surface area contributed by atoms with Gasteiger partial charge in [-0.25, -0.2) is 13.1 Å². The fraction of sp³-hybridized carbons (Fsp3) is 0.359. The molecule has 0 bridgehead atoms. The summed E-state index contributed by atoms with van der Waals surface area (Å²) in [4.78, 5) is 32.2. The number of sulfonamides is 1. The number of ether oxygens (including phenoxy) is 1. The number of likely N-dealkylation sites (N-methyl/N-ethyl adjacent to an activating group) is 1. The van der Waals surface area contributed by atoms with Crippen molar-refractivity contribution in [3.63, 3.8) is 0 Å². The number of benzene rings is 4. The van der Waals surface area contributed by atoms with Crippen molar-refractivity contribution in [1.82, 2.24) is 19.4 Å². The van der Waals surface area contributed by atoms with Crippen molar-refractivity contribution in [1.29, 1.82) is 0 Å². The van der Waals surface area contributed by atoms with Crippen molar-refractivity contribution in [2.24, 2.45) is 0 Å². The van der Waals surface area contributed by atoms with E-state index in [-0.39, 0.29) is 22.2 Å². The van der Waals surface area contributed by atoms with Crippen LogP contribution in [0.25, 0.3) is 11.1 Å². The third-order valence-electron chi connectivity index (χ3n) is 9.14. The average Bonchev–Trinajstić information content (AvgIpc) is 3.14. The topological polar surface area (TPSA) is 137 Å². The van der Waals surface area contributed by atoms with Crippen molar-refractivity contribution in [2.45, 2.75) is 35.2 Å². The Balaban J connectivity index is 1.26. The van der Waals surface area contributed by atoms with Crippen LogP contribution in [-0.4, -0.2) is 107 Å². The second-order valence-electron chi connectivity index (χ2n) is 13.5. The van der Waals surface area contributed by atoms with E-state index in [4.69, 9.17) is 4.74 Å². The first kappa shape index (κ1) is 39.7. The first-order chi connectivity index (χ1) is 25.4. The lowest BCUT2D eigenvalue weighted by Crippen LogP contribution is -2.43. The summed E-state index contributed by atoms with van der Waals surface area (Å²) in [6, 6.07) is 26.0. The van der Waals surface area contributed by atoms with E-state index in [1.165, 1.54) is 24.3 Å². The van der Waals surface area contributed by atoms with E-state index < -0.39 is 26.5 Å². The normalized spacial score (nSPS) is 14.5. The molecule has 2 N–H and O–H groups in total. The minimum atomic E-state index is -4.44. The molecule has 4 aromatic carbocycles. The molecule has 0 spiro atoms. The number of rotatable bonds is 17. The molecule has 4 aromatic rings. The summed E-state index contributed by atoms with van der Waals surface area (Å²) in [7, 11) is 3.29. The second-order valence-corrected chi connectivity index (χ2v) is 16.2. The van der Waals surface area contributed by atoms with Crippen molar-refractivity contribution >= 4 is 39.1 Å². The Morgan fingerprint density at radius 3 is 2.36 bits per heavy atom. The Bertz CT molecular complexity index is 1950. The Labute approximate surface area is 316 Å². The molecule has 1 fully saturated rings. The lowest BCUT2D eigenvalue weighted by Gasteiger charge is -2.32. The molecule has 1 heterocycles. The molecule has 0 radical (unpaired) electrons. The largest absolute Gasteiger partial charge is 0.496 e. The van der Waals surface area contributed by atoms with E-state index in [1.54, 1.807) is 31.0 Å². The predicted octanol–water partition coefficient (Wildman–Crippen LogP) is 6.05. The number of anilines is 1. The maximum atomic E-state index is 13.3. The van der Waals surface area contributed by atoms with E-state index in [0.29, 0.717) is 11.5 Å². The molecule has 12 nitrogen and oxygen atoms in total. The Kier molecular flexibility index (Phi) is 13.9. The summed E-state index contributed by atoms with van der Waals surface area (Å²) in [5, 5.41) is 15.5. The molecular formula is C39H48N6O6S2. The summed E-state index contributed by atoms with van der Waals surface area (Å²) >= 11 is 1.64. The molecule has 1 aliphatic rings. The molecular weight excluding hydrogens is 713 g/mol. The fourth-order valence-corrected chi connectivity index (χ4v) is 8.10. The summed E-state index contributed by atoms with van der Waals surface area (Å²) in [6.07, 6.45) is 1.61. The van der Waals surface area contributed by atoms with Gasteiger partial charge in [0.25, 0.3) is 21.6 Å². The van der Waals surface area contributed by atoms with E-state index in [1.807, 2.05) is 56.6 Å². The van der Waals surface area contributed by atoms with Gasteiger partial charge in [0.1, 0.15) is 11.4 Å². The highest BCUT2D eigenvalue weighted by Crippen LogP contribution is 2.33. The number of hydrogen-bond donors (Lipinski definition) is 2. The molecule has 1 saturated heterocycles. The van der Waals surface area contributed by atoms with E-state index in [2.05, 4.69) is 37.9 Å². The number of nitro groups is 1. The van der Waals surface area contributed by atoms with E-state index in [0.717, 1.165) is 79.8 Å². The molecule has 1 amide bonds. The summed E-state index contributed by atoms with van der Waals surface area (Å²) in [6.45, 7) is 5.76. The van der Waals surface area contributed by atoms with Crippen LogP contribution in [-0.2, 0) is 16.6 Å². The van der Waals surface area contributed by atoms with Gasteiger partial charge in [-0.15, -0.1) is 11.8 Å². The number of nitrogens with one attached hydrogen (secondary N) is 2. The van der Waals surface area contributed by atoms with Gasteiger partial charge in [0.05, 0.1) is 16.9 Å². The monoisotopic (exact) mass is 760 g/mol. The summed E-state index contributed by atoms with van der Waals surface area (Å²) in [5.74, 6) is 0.499. The zero-order valence-electron chi connectivity index (χ0n) is 30.7. The highest BCUT2D eigenvalue weighted by atomic mass is 32.2. The van der Waals surface area contributed by atoms with Crippen LogP contribution in [0.1, 0.15) is 28.8 Å². The van der Waals surface area contributed by atoms with Crippen LogP contribution in [0.15, 0.2) is 101 Å². The Morgan fingerprint density at radius 2 is 1.70 bits per heavy atom. The first-order valence-electron chi connectivity index (χ1n) is 17.5. The van der Waals surface area contributed by atoms with Crippen molar-refractivity contribution < 1.29 is 22.9 Å². The van der Waals surface area contributed by atoms with Gasteiger partial charge >= 0.3 is 0 Å². The molecule has 282 valence electrons. The molecule has 14 heteroatoms. The maximum absolute atomic E-state index is 13.3. The number of methoxy groups -OCH3 is 1. The highest BCUT2D eigenvalue weighted by molar-refractivity contribution is 7.99. The molecule has 0 aromatic heterocycles. The smallest absolute Gasteiger partial charge is 0.293 e. The maximum Gasteiger partial charge on any atom is 0.293 e. The van der Waals surface area contributed by atoms with Gasteiger partial charge in [-0.3, -0.25) is 19.8 Å². The number of nitro benzene ring substituents is 1. The number of hydrogen-bond acceptors (Lipinski definition) is 11. The van der Waals surface area contributed by atoms with Crippen LogP contribution in [0.2, 0.25) is 0 Å². The summed E-state index contributed by atoms with van der Waals surface area (Å²) < 4.78 is 34.5. The van der Waals surface area contributed by atoms with Crippen LogP contribution in [0.3, 0.4) is 0 Å². The lowest BCUT2D eigenvalue weighted by atomic mass is 10.0. The van der Waals surface area contributed by atoms with Gasteiger partial charge in [-0.05, 0) is 94.1 Å². The Morgan fingerprint density at radius 1 is 0.981 bits per heavy atom. The number of piperazine rings is 1. The second kappa shape index (κ2) is 18.5. The molecule has 5 rings (SSSR count). The molecule has 1 aliphatic heterocycles. The van der Waals surface area contributed by atoms with Gasteiger partial charge in [0.2, 0.25) is 0 Å². The number of nitrogens with zero attached hydrogens (tertiary/aromatic N) is 4. The van der Waals surface area contributed by atoms with E-state index in [9.17, 15) is 23.3 Å². The molecule has 0 unspecified atom stereocenters. The van der Waals surface area contributed by atoms with E-state index >= 15 is 0 Å². The van der Waals surface area contributed by atoms with Gasteiger partial charge < -0.3 is 19.9 Å². The van der Waals surface area contributed by atoms with Crippen LogP contribution < -0.4 is 14.8 Å². The number of carbonyl (C=O) groups is 1. The lowest BCUT2D eigenvalue weighted by molar-refractivity contribution is -0.384. The van der Waals surface area contributed by atoms with Gasteiger partial charge in [-0.2, -0.15) is 0 Å². The van der Waals surface area contributed by atoms with Gasteiger partial charge in [-0.1, -0.05) is 42.5 Å². The number of amides is 1. The quantitative estimate of drug-likeness (QED) is 0.0740. The van der Waals surface area contributed by atoms with Crippen LogP contribution >= 0.6 is 11.8 Å². The van der Waals surface area contributed by atoms with Crippen LogP contribution in [0.4, 0.5) is 11.4 Å². The first-order valence-corrected chi connectivity index (χ1v) is 20.0. The van der Waals surface area contributed by atoms with Gasteiger partial charge in [0.15, 0.2) is 0 Å². The SMILES string of the molecule is COc1cc(CN2CCN(C)CC2)ccc1-c1ccc(C(=O)NS(=O)(=O)c2ccc(N[C@H](CCCN(C)C)CSc3ccccc3)c([N+](=O)[O-])c2)cc1. The Hall–Kier alpha value is -4.47. The third-order valence-corrected chi connectivity index (χ3v) is 11.6. The fourth-order valence-electron chi connectivity index (χ4n) is 6.11. The minimum absolute atomic E-state index is 0.118. The number of thioether (sulfide) groups is 1. The zero-order valence-corrected chi connectivity index (χ0v) is 32.3. The third kappa shape index (κ3) is 11.3. The molecule has 0 aliphatic carbocycles. The van der Waals surface area contributed by atoms with Crippen molar-refractivity contribution in [3.05, 3.63) is 112 Å². The minimum Gasteiger partial charge on any atom is -0.496 e. The van der Waals surface area contributed by atoms with Crippen molar-refractivity contribution in [2.75, 3.05) is 72.0 Å². The average molecular weight is 761 g/mol. The predicted molar refractivity (Wildman–Crippen MR) is 211 cm³/mol. The standard InChI is InChI=1S/C39H48N6O6S2/c1-42(2)20-8-9-32(28-52-33-10-6-5-7-11-33)40-36-19-17-34(26-37(36)45(47)48)53(49,50)41-39(46)31-15-13-30(14-16-31)35-18-12-29(25-38(35)51-4)27-44-23-21-43(3)22-24-44/h5-7,10-19,25-26,32,40H,8-9,20-24,27-28H2,1-4H3,(H,41,46)/t32-/m1/s1. The summed E-state index contributed by atoms with van der Waals surface area (Å²) in [5.41, 5.74) is 2.72. The molecule has 0 saturated carbocycles. The van der Waals surface area contributed by atoms with Crippen LogP contribution in [0.5, 0.6) is 5.75 Å². The van der Waals surface area contributed by atoms with Crippen molar-refractivity contribution in [3.8, 4) is 16.9 Å². The molecule has 1 atom stereocenters. The zero-order chi connectivity index (χ0) is 38.0. The van der Waals surface area contributed by atoms with Crippen LogP contribution in [0, 0.1) is 10.1 Å². The number of carbonyl (C=O) groups excluding carboxylic acids is 1.